The van der Waals surface area contributed by atoms with Gasteiger partial charge in [-0.15, -0.1) is 0 Å². The van der Waals surface area contributed by atoms with Crippen molar-refractivity contribution in [2.75, 3.05) is 45.2 Å². The van der Waals surface area contributed by atoms with Crippen LogP contribution in [0.25, 0.3) is 11.3 Å². The average Bonchev–Trinajstić information content (AvgIpc) is 3.41. The molecule has 39 heavy (non-hydrogen) atoms. The van der Waals surface area contributed by atoms with Gasteiger partial charge in [0.05, 0.1) is 23.9 Å². The van der Waals surface area contributed by atoms with E-state index in [1.807, 2.05) is 18.2 Å². The minimum Gasteiger partial charge on any atom is -0.487 e. The van der Waals surface area contributed by atoms with Gasteiger partial charge in [-0.05, 0) is 48.9 Å². The smallest absolute Gasteiger partial charge is 0.248 e. The maximum Gasteiger partial charge on any atom is 0.248 e. The molecule has 2 aliphatic heterocycles. The van der Waals surface area contributed by atoms with E-state index in [0.29, 0.717) is 54.6 Å². The van der Waals surface area contributed by atoms with E-state index < -0.39 is 6.61 Å². The number of benzene rings is 2. The second kappa shape index (κ2) is 11.8. The molecule has 2 saturated heterocycles. The molecule has 0 spiro atoms. The first kappa shape index (κ1) is 26.6. The van der Waals surface area contributed by atoms with Crippen LogP contribution in [0.2, 0.25) is 0 Å². The average molecular weight is 529 g/mol. The Kier molecular flexibility index (Phi) is 8.02. The summed E-state index contributed by atoms with van der Waals surface area (Å²) in [6, 6.07) is 17.9. The molecule has 0 aliphatic carbocycles. The summed E-state index contributed by atoms with van der Waals surface area (Å²) in [6.45, 7) is 4.50. The second-order valence-corrected chi connectivity index (χ2v) is 9.85. The fourth-order valence-corrected chi connectivity index (χ4v) is 4.91. The molecule has 3 heterocycles. The van der Waals surface area contributed by atoms with Crippen LogP contribution < -0.4 is 10.1 Å². The molecule has 0 bridgehead atoms. The van der Waals surface area contributed by atoms with Crippen molar-refractivity contribution in [2.24, 2.45) is 0 Å². The zero-order valence-corrected chi connectivity index (χ0v) is 22.1. The lowest BCUT2D eigenvalue weighted by Gasteiger charge is -2.42. The van der Waals surface area contributed by atoms with Crippen molar-refractivity contribution in [2.45, 2.75) is 31.6 Å². The number of amides is 1. The molecule has 5 rings (SSSR count). The van der Waals surface area contributed by atoms with Crippen LogP contribution in [0.5, 0.6) is 5.75 Å². The minimum absolute atomic E-state index is 0.226. The number of rotatable bonds is 9. The van der Waals surface area contributed by atoms with Crippen molar-refractivity contribution in [1.29, 1.82) is 5.26 Å². The number of ether oxygens (including phenoxy) is 2. The van der Waals surface area contributed by atoms with Gasteiger partial charge in [0.1, 0.15) is 24.5 Å². The first-order chi connectivity index (χ1) is 19.0. The Morgan fingerprint density at radius 3 is 2.69 bits per heavy atom. The highest BCUT2D eigenvalue weighted by Crippen LogP contribution is 2.30. The van der Waals surface area contributed by atoms with Gasteiger partial charge < -0.3 is 24.8 Å². The van der Waals surface area contributed by atoms with Crippen LogP contribution in [0.15, 0.2) is 54.7 Å². The Labute approximate surface area is 227 Å². The van der Waals surface area contributed by atoms with Crippen molar-refractivity contribution in [3.8, 4) is 23.1 Å². The van der Waals surface area contributed by atoms with Crippen LogP contribution >= 0.6 is 0 Å². The molecule has 2 aromatic carbocycles. The number of anilines is 2. The summed E-state index contributed by atoms with van der Waals surface area (Å²) in [4.78, 5) is 24.7. The highest BCUT2D eigenvalue weighted by atomic mass is 16.5. The Morgan fingerprint density at radius 2 is 1.97 bits per heavy atom. The summed E-state index contributed by atoms with van der Waals surface area (Å²) >= 11 is 0. The van der Waals surface area contributed by atoms with Crippen molar-refractivity contribution in [3.63, 3.8) is 0 Å². The van der Waals surface area contributed by atoms with Crippen LogP contribution in [0.1, 0.15) is 30.5 Å². The molecular formula is C29H32N6O4. The van der Waals surface area contributed by atoms with E-state index in [4.69, 9.17) is 14.6 Å². The topological polar surface area (TPSA) is 124 Å². The minimum atomic E-state index is -0.514. The molecule has 1 unspecified atom stereocenters. The third-order valence-electron chi connectivity index (χ3n) is 7.38. The first-order valence-electron chi connectivity index (χ1n) is 13.0. The summed E-state index contributed by atoms with van der Waals surface area (Å²) in [5, 5.41) is 22.1. The Hall–Kier alpha value is -4.04. The SMILES string of the molecule is COC1CN(C(C)c2ccc(Nc3nccc(-c4ccc(O[C@@H]5CCN(C(=O)CO)C5)c(C#N)c4)n3)cc2)C1. The Balaban J connectivity index is 1.24. The molecule has 2 N–H and O–H groups in total. The molecule has 202 valence electrons. The van der Waals surface area contributed by atoms with E-state index in [0.717, 1.165) is 24.3 Å². The molecular weight excluding hydrogens is 496 g/mol. The Bertz CT molecular complexity index is 1350. The predicted octanol–water partition coefficient (Wildman–Crippen LogP) is 3.12. The lowest BCUT2D eigenvalue weighted by molar-refractivity contribution is -0.133. The van der Waals surface area contributed by atoms with E-state index in [9.17, 15) is 10.1 Å². The predicted molar refractivity (Wildman–Crippen MR) is 145 cm³/mol. The third-order valence-corrected chi connectivity index (χ3v) is 7.38. The maximum absolute atomic E-state index is 11.7. The van der Waals surface area contributed by atoms with Gasteiger partial charge in [0.15, 0.2) is 0 Å². The molecule has 10 heteroatoms. The van der Waals surface area contributed by atoms with Crippen LogP contribution in [-0.2, 0) is 9.53 Å². The van der Waals surface area contributed by atoms with Crippen molar-refractivity contribution >= 4 is 17.5 Å². The fourth-order valence-electron chi connectivity index (χ4n) is 4.91. The van der Waals surface area contributed by atoms with Gasteiger partial charge in [-0.1, -0.05) is 12.1 Å². The number of carbonyl (C=O) groups is 1. The zero-order valence-electron chi connectivity index (χ0n) is 22.1. The number of methoxy groups -OCH3 is 1. The number of carbonyl (C=O) groups excluding carboxylic acids is 1. The maximum atomic E-state index is 11.7. The number of nitrogens with zero attached hydrogens (tertiary/aromatic N) is 5. The summed E-state index contributed by atoms with van der Waals surface area (Å²) < 4.78 is 11.4. The number of aliphatic hydroxyl groups is 1. The highest BCUT2D eigenvalue weighted by Gasteiger charge is 2.31. The van der Waals surface area contributed by atoms with Gasteiger partial charge >= 0.3 is 0 Å². The van der Waals surface area contributed by atoms with Gasteiger partial charge in [-0.2, -0.15) is 5.26 Å². The zero-order chi connectivity index (χ0) is 27.4. The normalized spacial score (nSPS) is 18.3. The van der Waals surface area contributed by atoms with E-state index in [2.05, 4.69) is 45.3 Å². The summed E-state index contributed by atoms with van der Waals surface area (Å²) in [5.41, 5.74) is 3.94. The highest BCUT2D eigenvalue weighted by molar-refractivity contribution is 5.77. The Morgan fingerprint density at radius 1 is 1.18 bits per heavy atom. The van der Waals surface area contributed by atoms with Crippen molar-refractivity contribution < 1.29 is 19.4 Å². The van der Waals surface area contributed by atoms with Crippen LogP contribution in [0, 0.1) is 11.3 Å². The number of aromatic nitrogens is 2. The molecule has 1 aromatic heterocycles. The number of likely N-dealkylation sites (tertiary alicyclic amines) is 2. The molecule has 2 fully saturated rings. The standard InChI is InChI=1S/C29H32N6O4/c1-19(35-16-25(17-35)38-2)20-3-6-23(7-4-20)32-29-31-11-9-26(33-29)21-5-8-27(22(13-21)14-30)39-24-10-12-34(15-24)28(37)18-36/h3-9,11,13,19,24-25,36H,10,12,15-18H2,1-2H3,(H,31,32,33)/t19?,24-/m1/s1. The third kappa shape index (κ3) is 6.01. The summed E-state index contributed by atoms with van der Waals surface area (Å²) in [6.07, 6.45) is 2.43. The fraction of sp³-hybridized carbons (Fsp3) is 0.379. The second-order valence-electron chi connectivity index (χ2n) is 9.85. The van der Waals surface area contributed by atoms with Gasteiger partial charge in [0.25, 0.3) is 0 Å². The number of hydrogen-bond donors (Lipinski definition) is 2. The number of hydrogen-bond acceptors (Lipinski definition) is 9. The van der Waals surface area contributed by atoms with Gasteiger partial charge in [-0.3, -0.25) is 9.69 Å². The van der Waals surface area contributed by atoms with Crippen LogP contribution in [0.4, 0.5) is 11.6 Å². The summed E-state index contributed by atoms with van der Waals surface area (Å²) in [7, 11) is 1.76. The first-order valence-corrected chi connectivity index (χ1v) is 13.0. The lowest BCUT2D eigenvalue weighted by Crippen LogP contribution is -2.52. The molecule has 1 amide bonds. The quantitative estimate of drug-likeness (QED) is 0.431. The number of aliphatic hydroxyl groups excluding tert-OH is 1. The van der Waals surface area contributed by atoms with E-state index >= 15 is 0 Å². The van der Waals surface area contributed by atoms with E-state index in [-0.39, 0.29) is 12.0 Å². The molecule has 2 atom stereocenters. The molecule has 10 nitrogen and oxygen atoms in total. The van der Waals surface area contributed by atoms with E-state index in [1.165, 1.54) is 5.56 Å². The number of nitrogens with one attached hydrogen (secondary N) is 1. The van der Waals surface area contributed by atoms with Crippen molar-refractivity contribution in [3.05, 3.63) is 65.9 Å². The van der Waals surface area contributed by atoms with Gasteiger partial charge in [-0.25, -0.2) is 9.97 Å². The molecule has 2 aliphatic rings. The lowest BCUT2D eigenvalue weighted by atomic mass is 10.0. The van der Waals surface area contributed by atoms with Crippen LogP contribution in [0.3, 0.4) is 0 Å². The van der Waals surface area contributed by atoms with E-state index in [1.54, 1.807) is 36.4 Å². The molecule has 0 radical (unpaired) electrons. The van der Waals surface area contributed by atoms with Crippen molar-refractivity contribution in [1.82, 2.24) is 19.8 Å². The monoisotopic (exact) mass is 528 g/mol. The summed E-state index contributed by atoms with van der Waals surface area (Å²) in [5.74, 6) is 0.600. The van der Waals surface area contributed by atoms with Crippen LogP contribution in [-0.4, -0.2) is 82.9 Å². The molecule has 3 aromatic rings. The van der Waals surface area contributed by atoms with Gasteiger partial charge in [0.2, 0.25) is 11.9 Å². The largest absolute Gasteiger partial charge is 0.487 e. The number of nitriles is 1. The van der Waals surface area contributed by atoms with Gasteiger partial charge in [0, 0.05) is 56.7 Å². The molecule has 0 saturated carbocycles.